The predicted octanol–water partition coefficient (Wildman–Crippen LogP) is 4.94. The zero-order valence-corrected chi connectivity index (χ0v) is 19.6. The summed E-state index contributed by atoms with van der Waals surface area (Å²) in [6.45, 7) is 7.62. The van der Waals surface area contributed by atoms with E-state index in [1.165, 1.54) is 17.7 Å². The van der Waals surface area contributed by atoms with E-state index in [1.807, 2.05) is 11.6 Å². The van der Waals surface area contributed by atoms with Crippen molar-refractivity contribution >= 4 is 5.91 Å². The average molecular weight is 449 g/mol. The molecular weight excluding hydrogens is 415 g/mol. The van der Waals surface area contributed by atoms with E-state index in [-0.39, 0.29) is 11.7 Å². The minimum atomic E-state index is -0.257. The van der Waals surface area contributed by atoms with Crippen molar-refractivity contribution in [1.82, 2.24) is 20.0 Å². The second kappa shape index (κ2) is 10.8. The molecule has 4 rings (SSSR count). The van der Waals surface area contributed by atoms with E-state index in [0.717, 1.165) is 61.5 Å². The lowest BCUT2D eigenvalue weighted by Gasteiger charge is -2.32. The predicted molar refractivity (Wildman–Crippen MR) is 129 cm³/mol. The van der Waals surface area contributed by atoms with Crippen LogP contribution < -0.4 is 5.32 Å². The van der Waals surface area contributed by atoms with E-state index >= 15 is 0 Å². The van der Waals surface area contributed by atoms with E-state index in [1.54, 1.807) is 12.1 Å². The van der Waals surface area contributed by atoms with Crippen LogP contribution in [0.1, 0.15) is 48.2 Å². The van der Waals surface area contributed by atoms with Crippen LogP contribution in [-0.2, 0) is 17.9 Å². The molecule has 2 aromatic carbocycles. The van der Waals surface area contributed by atoms with Crippen molar-refractivity contribution in [3.05, 3.63) is 82.9 Å². The molecule has 1 fully saturated rings. The summed E-state index contributed by atoms with van der Waals surface area (Å²) in [7, 11) is 0. The molecule has 0 spiro atoms. The van der Waals surface area contributed by atoms with Gasteiger partial charge in [0.25, 0.3) is 0 Å². The number of likely N-dealkylation sites (tertiary alicyclic amines) is 1. The van der Waals surface area contributed by atoms with Crippen molar-refractivity contribution in [2.45, 2.75) is 52.6 Å². The molecule has 1 aromatic heterocycles. The van der Waals surface area contributed by atoms with Gasteiger partial charge in [-0.1, -0.05) is 24.3 Å². The summed E-state index contributed by atoms with van der Waals surface area (Å²) in [6.07, 6.45) is 3.73. The van der Waals surface area contributed by atoms with Crippen LogP contribution in [0.2, 0.25) is 0 Å². The van der Waals surface area contributed by atoms with E-state index < -0.39 is 0 Å². The first-order valence-corrected chi connectivity index (χ1v) is 11.8. The Morgan fingerprint density at radius 3 is 2.52 bits per heavy atom. The van der Waals surface area contributed by atoms with Gasteiger partial charge in [-0.25, -0.2) is 9.07 Å². The Labute approximate surface area is 195 Å². The summed E-state index contributed by atoms with van der Waals surface area (Å²) in [5, 5.41) is 7.55. The molecule has 0 aliphatic carbocycles. The molecule has 1 N–H and O–H groups in total. The van der Waals surface area contributed by atoms with E-state index in [4.69, 9.17) is 0 Å². The summed E-state index contributed by atoms with van der Waals surface area (Å²) in [6, 6.07) is 17.0. The first-order valence-electron chi connectivity index (χ1n) is 11.8. The fourth-order valence-corrected chi connectivity index (χ4v) is 4.59. The Bertz CT molecular complexity index is 1070. The second-order valence-corrected chi connectivity index (χ2v) is 9.17. The van der Waals surface area contributed by atoms with E-state index in [9.17, 15) is 9.18 Å². The highest BCUT2D eigenvalue weighted by Crippen LogP contribution is 2.24. The highest BCUT2D eigenvalue weighted by atomic mass is 19.1. The Morgan fingerprint density at radius 1 is 1.06 bits per heavy atom. The van der Waals surface area contributed by atoms with Crippen molar-refractivity contribution in [3.63, 3.8) is 0 Å². The second-order valence-electron chi connectivity index (χ2n) is 9.17. The van der Waals surface area contributed by atoms with Gasteiger partial charge >= 0.3 is 0 Å². The van der Waals surface area contributed by atoms with Crippen molar-refractivity contribution < 1.29 is 9.18 Å². The number of piperidine rings is 1. The molecular formula is C27H33FN4O. The normalized spacial score (nSPS) is 15.0. The third-order valence-corrected chi connectivity index (χ3v) is 6.46. The number of aryl methyl sites for hydroxylation is 2. The standard InChI is InChI=1S/C27H33FN4O/c1-20-16-21(2)32(30-20)26-5-3-4-24(17-26)19-31-14-12-22(13-15-31)8-11-27(33)29-18-23-6-9-25(28)10-7-23/h3-7,9-10,16-17,22H,8,11-15,18-19H2,1-2H3,(H,29,33). The fraction of sp³-hybridized carbons (Fsp3) is 0.407. The summed E-state index contributed by atoms with van der Waals surface area (Å²) in [5.41, 5.74) is 5.51. The van der Waals surface area contributed by atoms with Gasteiger partial charge < -0.3 is 5.32 Å². The largest absolute Gasteiger partial charge is 0.352 e. The number of benzene rings is 2. The van der Waals surface area contributed by atoms with Gasteiger partial charge in [-0.15, -0.1) is 0 Å². The summed E-state index contributed by atoms with van der Waals surface area (Å²) in [4.78, 5) is 14.7. The van der Waals surface area contributed by atoms with Gasteiger partial charge in [-0.3, -0.25) is 9.69 Å². The molecule has 2 heterocycles. The number of aromatic nitrogens is 2. The maximum atomic E-state index is 13.0. The van der Waals surface area contributed by atoms with Crippen LogP contribution >= 0.6 is 0 Å². The smallest absolute Gasteiger partial charge is 0.220 e. The van der Waals surface area contributed by atoms with Crippen LogP contribution in [0.4, 0.5) is 4.39 Å². The van der Waals surface area contributed by atoms with Crippen molar-refractivity contribution in [2.24, 2.45) is 5.92 Å². The number of carbonyl (C=O) groups excluding carboxylic acids is 1. The molecule has 0 radical (unpaired) electrons. The van der Waals surface area contributed by atoms with Gasteiger partial charge in [0.15, 0.2) is 0 Å². The summed E-state index contributed by atoms with van der Waals surface area (Å²) >= 11 is 0. The molecule has 6 heteroatoms. The quantitative estimate of drug-likeness (QED) is 0.531. The number of rotatable bonds is 8. The van der Waals surface area contributed by atoms with Crippen LogP contribution in [0.25, 0.3) is 5.69 Å². The van der Waals surface area contributed by atoms with Gasteiger partial charge in [0.05, 0.1) is 11.4 Å². The van der Waals surface area contributed by atoms with E-state index in [0.29, 0.717) is 18.9 Å². The number of nitrogens with one attached hydrogen (secondary N) is 1. The lowest BCUT2D eigenvalue weighted by Crippen LogP contribution is -2.33. The highest BCUT2D eigenvalue weighted by Gasteiger charge is 2.20. The van der Waals surface area contributed by atoms with Crippen molar-refractivity contribution in [3.8, 4) is 5.69 Å². The molecule has 0 atom stereocenters. The van der Waals surface area contributed by atoms with Gasteiger partial charge in [-0.2, -0.15) is 5.10 Å². The maximum absolute atomic E-state index is 13.0. The minimum Gasteiger partial charge on any atom is -0.352 e. The Morgan fingerprint density at radius 2 is 1.82 bits per heavy atom. The van der Waals surface area contributed by atoms with Gasteiger partial charge in [0.1, 0.15) is 5.82 Å². The first kappa shape index (κ1) is 23.2. The fourth-order valence-electron chi connectivity index (χ4n) is 4.59. The number of nitrogens with zero attached hydrogens (tertiary/aromatic N) is 3. The van der Waals surface area contributed by atoms with Crippen LogP contribution in [0, 0.1) is 25.6 Å². The topological polar surface area (TPSA) is 50.2 Å². The zero-order chi connectivity index (χ0) is 23.2. The summed E-state index contributed by atoms with van der Waals surface area (Å²) in [5.74, 6) is 0.411. The number of amides is 1. The van der Waals surface area contributed by atoms with Crippen molar-refractivity contribution in [2.75, 3.05) is 13.1 Å². The van der Waals surface area contributed by atoms with E-state index in [2.05, 4.69) is 52.6 Å². The Hall–Kier alpha value is -2.99. The SMILES string of the molecule is Cc1cc(C)n(-c2cccc(CN3CCC(CCC(=O)NCc4ccc(F)cc4)CC3)c2)n1. The van der Waals surface area contributed by atoms with Gasteiger partial charge in [0, 0.05) is 25.2 Å². The first-order chi connectivity index (χ1) is 16.0. The molecule has 174 valence electrons. The van der Waals surface area contributed by atoms with Crippen LogP contribution in [0.3, 0.4) is 0 Å². The Balaban J connectivity index is 1.19. The highest BCUT2D eigenvalue weighted by molar-refractivity contribution is 5.75. The molecule has 0 unspecified atom stereocenters. The molecule has 1 aliphatic heterocycles. The molecule has 0 saturated carbocycles. The minimum absolute atomic E-state index is 0.0720. The van der Waals surface area contributed by atoms with Crippen LogP contribution in [0.5, 0.6) is 0 Å². The third-order valence-electron chi connectivity index (χ3n) is 6.46. The number of halogens is 1. The lowest BCUT2D eigenvalue weighted by molar-refractivity contribution is -0.121. The number of hydrogen-bond donors (Lipinski definition) is 1. The van der Waals surface area contributed by atoms with Crippen LogP contribution in [0.15, 0.2) is 54.6 Å². The molecule has 5 nitrogen and oxygen atoms in total. The number of carbonyl (C=O) groups is 1. The molecule has 1 amide bonds. The van der Waals surface area contributed by atoms with Gasteiger partial charge in [0.2, 0.25) is 5.91 Å². The molecule has 33 heavy (non-hydrogen) atoms. The summed E-state index contributed by atoms with van der Waals surface area (Å²) < 4.78 is 15.0. The Kier molecular flexibility index (Phi) is 7.55. The maximum Gasteiger partial charge on any atom is 0.220 e. The van der Waals surface area contributed by atoms with Crippen molar-refractivity contribution in [1.29, 1.82) is 0 Å². The molecule has 1 aliphatic rings. The van der Waals surface area contributed by atoms with Crippen LogP contribution in [-0.4, -0.2) is 33.7 Å². The molecule has 0 bridgehead atoms. The average Bonchev–Trinajstić information content (AvgIpc) is 3.16. The zero-order valence-electron chi connectivity index (χ0n) is 19.6. The lowest BCUT2D eigenvalue weighted by atomic mass is 9.92. The molecule has 1 saturated heterocycles. The van der Waals surface area contributed by atoms with Gasteiger partial charge in [-0.05, 0) is 93.6 Å². The third kappa shape index (κ3) is 6.51. The molecule has 3 aromatic rings. The number of hydrogen-bond acceptors (Lipinski definition) is 3. The monoisotopic (exact) mass is 448 g/mol.